The summed E-state index contributed by atoms with van der Waals surface area (Å²) in [6, 6.07) is 3.39. The summed E-state index contributed by atoms with van der Waals surface area (Å²) >= 11 is 0. The maximum absolute atomic E-state index is 11.7. The summed E-state index contributed by atoms with van der Waals surface area (Å²) in [7, 11) is 0. The van der Waals surface area contributed by atoms with Crippen LogP contribution < -0.4 is 0 Å². The van der Waals surface area contributed by atoms with Gasteiger partial charge in [-0.3, -0.25) is 9.59 Å². The normalized spacial score (nSPS) is 15.4. The van der Waals surface area contributed by atoms with Gasteiger partial charge in [0, 0.05) is 12.6 Å². The van der Waals surface area contributed by atoms with Crippen molar-refractivity contribution in [1.29, 1.82) is 0 Å². The van der Waals surface area contributed by atoms with Crippen LogP contribution in [0.25, 0.3) is 0 Å². The minimum absolute atomic E-state index is 0.118. The first-order valence-corrected chi connectivity index (χ1v) is 4.37. The Balaban J connectivity index is 2.32. The number of ketones is 2. The third kappa shape index (κ3) is 1.44. The van der Waals surface area contributed by atoms with Gasteiger partial charge in [-0.05, 0) is 18.2 Å². The Labute approximate surface area is 81.1 Å². The highest BCUT2D eigenvalue weighted by Gasteiger charge is 2.20. The fraction of sp³-hybridized carbons (Fsp3) is 0.0909. The first-order chi connectivity index (χ1) is 6.79. The van der Waals surface area contributed by atoms with Crippen LogP contribution in [0.15, 0.2) is 42.1 Å². The Bertz CT molecular complexity index is 424. The number of hydrogen-bond donors (Lipinski definition) is 1. The lowest BCUT2D eigenvalue weighted by Crippen LogP contribution is -2.14. The van der Waals surface area contributed by atoms with Gasteiger partial charge in [-0.15, -0.1) is 0 Å². The van der Waals surface area contributed by atoms with Crippen molar-refractivity contribution >= 4 is 11.6 Å². The molecule has 0 spiro atoms. The molecule has 3 heteroatoms. The van der Waals surface area contributed by atoms with Crippen LogP contribution in [-0.4, -0.2) is 16.6 Å². The number of H-pyrrole nitrogens is 1. The van der Waals surface area contributed by atoms with Crippen LogP contribution in [-0.2, 0) is 4.79 Å². The van der Waals surface area contributed by atoms with Crippen molar-refractivity contribution in [3.63, 3.8) is 0 Å². The number of rotatable bonds is 2. The van der Waals surface area contributed by atoms with Gasteiger partial charge in [-0.2, -0.15) is 0 Å². The Hall–Kier alpha value is -1.90. The largest absolute Gasteiger partial charge is 0.359 e. The SMILES string of the molecule is O=C1CC=CC=C1C(=O)c1ccc[nH]1. The molecule has 2 rings (SSSR count). The fourth-order valence-electron chi connectivity index (χ4n) is 1.36. The van der Waals surface area contributed by atoms with Crippen molar-refractivity contribution in [3.8, 4) is 0 Å². The van der Waals surface area contributed by atoms with E-state index >= 15 is 0 Å². The molecule has 1 aliphatic rings. The van der Waals surface area contributed by atoms with Crippen LogP contribution in [0, 0.1) is 0 Å². The minimum Gasteiger partial charge on any atom is -0.359 e. The quantitative estimate of drug-likeness (QED) is 0.565. The molecule has 1 aliphatic carbocycles. The number of aromatic amines is 1. The molecule has 0 radical (unpaired) electrons. The van der Waals surface area contributed by atoms with Crippen LogP contribution in [0.3, 0.4) is 0 Å². The zero-order valence-electron chi connectivity index (χ0n) is 7.49. The van der Waals surface area contributed by atoms with Crippen molar-refractivity contribution in [2.45, 2.75) is 6.42 Å². The molecule has 1 N–H and O–H groups in total. The van der Waals surface area contributed by atoms with Gasteiger partial charge in [0.15, 0.2) is 5.78 Å². The molecule has 0 amide bonds. The van der Waals surface area contributed by atoms with Gasteiger partial charge in [0.25, 0.3) is 0 Å². The number of Topliss-reactive ketones (excluding diaryl/α,β-unsaturated/α-hetero) is 2. The average molecular weight is 187 g/mol. The van der Waals surface area contributed by atoms with E-state index in [2.05, 4.69) is 4.98 Å². The van der Waals surface area contributed by atoms with E-state index in [4.69, 9.17) is 0 Å². The van der Waals surface area contributed by atoms with Gasteiger partial charge < -0.3 is 4.98 Å². The van der Waals surface area contributed by atoms with E-state index in [1.165, 1.54) is 0 Å². The average Bonchev–Trinajstić information content (AvgIpc) is 2.70. The zero-order valence-corrected chi connectivity index (χ0v) is 7.49. The minimum atomic E-state index is -0.232. The van der Waals surface area contributed by atoms with Crippen molar-refractivity contribution in [2.24, 2.45) is 0 Å². The highest BCUT2D eigenvalue weighted by molar-refractivity contribution is 6.26. The van der Waals surface area contributed by atoms with Gasteiger partial charge >= 0.3 is 0 Å². The van der Waals surface area contributed by atoms with Crippen LogP contribution in [0.1, 0.15) is 16.9 Å². The molecule has 70 valence electrons. The Morgan fingerprint density at radius 3 is 2.93 bits per heavy atom. The molecule has 0 saturated carbocycles. The molecule has 3 nitrogen and oxygen atoms in total. The van der Waals surface area contributed by atoms with Gasteiger partial charge in [0.05, 0.1) is 11.3 Å². The van der Waals surface area contributed by atoms with Gasteiger partial charge in [0.1, 0.15) is 0 Å². The third-order valence-corrected chi connectivity index (χ3v) is 2.09. The Morgan fingerprint density at radius 2 is 2.29 bits per heavy atom. The Kier molecular flexibility index (Phi) is 2.14. The van der Waals surface area contributed by atoms with Crippen LogP contribution in [0.4, 0.5) is 0 Å². The van der Waals surface area contributed by atoms with E-state index in [1.807, 2.05) is 0 Å². The first kappa shape index (κ1) is 8.69. The third-order valence-electron chi connectivity index (χ3n) is 2.09. The van der Waals surface area contributed by atoms with Gasteiger partial charge in [0.2, 0.25) is 5.78 Å². The van der Waals surface area contributed by atoms with Gasteiger partial charge in [-0.1, -0.05) is 12.2 Å². The number of nitrogens with one attached hydrogen (secondary N) is 1. The standard InChI is InChI=1S/C11H9NO2/c13-10-6-2-1-4-8(10)11(14)9-5-3-7-12-9/h1-5,7,12H,6H2. The second kappa shape index (κ2) is 3.46. The Morgan fingerprint density at radius 1 is 1.43 bits per heavy atom. The topological polar surface area (TPSA) is 49.9 Å². The van der Waals surface area contributed by atoms with Crippen molar-refractivity contribution in [1.82, 2.24) is 4.98 Å². The molecule has 1 aromatic heterocycles. The second-order valence-corrected chi connectivity index (χ2v) is 3.05. The fourth-order valence-corrected chi connectivity index (χ4v) is 1.36. The molecule has 0 bridgehead atoms. The molecular formula is C11H9NO2. The number of carbonyl (C=O) groups is 2. The maximum Gasteiger partial charge on any atom is 0.212 e. The lowest BCUT2D eigenvalue weighted by atomic mass is 9.98. The lowest BCUT2D eigenvalue weighted by Gasteiger charge is -2.04. The van der Waals surface area contributed by atoms with Crippen molar-refractivity contribution in [2.75, 3.05) is 0 Å². The van der Waals surface area contributed by atoms with E-state index in [0.29, 0.717) is 12.1 Å². The number of carbonyl (C=O) groups excluding carboxylic acids is 2. The predicted molar refractivity (Wildman–Crippen MR) is 52.0 cm³/mol. The summed E-state index contributed by atoms with van der Waals surface area (Å²) < 4.78 is 0. The molecule has 0 aromatic carbocycles. The zero-order chi connectivity index (χ0) is 9.97. The monoisotopic (exact) mass is 187 g/mol. The maximum atomic E-state index is 11.7. The summed E-state index contributed by atoms with van der Waals surface area (Å²) in [5.74, 6) is -0.351. The molecule has 0 aliphatic heterocycles. The number of aromatic nitrogens is 1. The summed E-state index contributed by atoms with van der Waals surface area (Å²) in [4.78, 5) is 25.9. The van der Waals surface area contributed by atoms with Crippen LogP contribution in [0.5, 0.6) is 0 Å². The van der Waals surface area contributed by atoms with E-state index in [1.54, 1.807) is 36.6 Å². The molecule has 0 unspecified atom stereocenters. The lowest BCUT2D eigenvalue weighted by molar-refractivity contribution is -0.114. The summed E-state index contributed by atoms with van der Waals surface area (Å²) in [6.45, 7) is 0. The molecule has 0 saturated heterocycles. The first-order valence-electron chi connectivity index (χ1n) is 4.37. The number of hydrogen-bond acceptors (Lipinski definition) is 2. The van der Waals surface area contributed by atoms with E-state index < -0.39 is 0 Å². The van der Waals surface area contributed by atoms with Crippen molar-refractivity contribution < 1.29 is 9.59 Å². The highest BCUT2D eigenvalue weighted by atomic mass is 16.1. The van der Waals surface area contributed by atoms with Gasteiger partial charge in [-0.25, -0.2) is 0 Å². The summed E-state index contributed by atoms with van der Waals surface area (Å²) in [5.41, 5.74) is 0.717. The van der Waals surface area contributed by atoms with Crippen molar-refractivity contribution in [3.05, 3.63) is 47.8 Å². The molecule has 0 atom stereocenters. The van der Waals surface area contributed by atoms with Crippen LogP contribution >= 0.6 is 0 Å². The van der Waals surface area contributed by atoms with E-state index in [-0.39, 0.29) is 17.1 Å². The molecule has 14 heavy (non-hydrogen) atoms. The molecular weight excluding hydrogens is 178 g/mol. The second-order valence-electron chi connectivity index (χ2n) is 3.05. The summed E-state index contributed by atoms with van der Waals surface area (Å²) in [6.07, 6.45) is 7.02. The van der Waals surface area contributed by atoms with E-state index in [0.717, 1.165) is 0 Å². The predicted octanol–water partition coefficient (Wildman–Crippen LogP) is 1.65. The summed E-state index contributed by atoms with van der Waals surface area (Å²) in [5, 5.41) is 0. The highest BCUT2D eigenvalue weighted by Crippen LogP contribution is 2.13. The smallest absolute Gasteiger partial charge is 0.212 e. The number of allylic oxidation sites excluding steroid dienone is 4. The van der Waals surface area contributed by atoms with Crippen LogP contribution in [0.2, 0.25) is 0 Å². The van der Waals surface area contributed by atoms with E-state index in [9.17, 15) is 9.59 Å². The molecule has 0 fully saturated rings. The molecule has 1 heterocycles. The molecule has 1 aromatic rings.